The predicted octanol–water partition coefficient (Wildman–Crippen LogP) is 2.46. The fraction of sp³-hybridized carbons (Fsp3) is 0.611. The molecular weight excluding hydrogens is 262 g/mol. The van der Waals surface area contributed by atoms with Crippen molar-refractivity contribution >= 4 is 5.91 Å². The number of hydrogen-bond acceptors (Lipinski definition) is 2. The summed E-state index contributed by atoms with van der Waals surface area (Å²) in [6.07, 6.45) is 7.38. The van der Waals surface area contributed by atoms with E-state index in [0.717, 1.165) is 25.7 Å². The molecule has 2 N–H and O–H groups in total. The van der Waals surface area contributed by atoms with Crippen LogP contribution in [-0.2, 0) is 17.6 Å². The van der Waals surface area contributed by atoms with E-state index in [4.69, 9.17) is 0 Å². The van der Waals surface area contributed by atoms with Gasteiger partial charge in [-0.25, -0.2) is 0 Å². The van der Waals surface area contributed by atoms with Crippen molar-refractivity contribution < 1.29 is 9.90 Å². The van der Waals surface area contributed by atoms with Crippen LogP contribution in [0.15, 0.2) is 24.3 Å². The number of hydrogen-bond donors (Lipinski definition) is 2. The molecule has 0 heterocycles. The van der Waals surface area contributed by atoms with Gasteiger partial charge in [-0.3, -0.25) is 4.79 Å². The molecule has 2 aliphatic rings. The number of aliphatic hydroxyl groups is 1. The standard InChI is InChI=1S/C18H25NO2/c20-13-18(8-4-1-5-9-18)12-19-17(21)16-10-14-6-2-3-7-15(14)11-16/h2-3,6-7,16,20H,1,4-5,8-13H2,(H,19,21). The van der Waals surface area contributed by atoms with Crippen LogP contribution >= 0.6 is 0 Å². The maximum Gasteiger partial charge on any atom is 0.223 e. The second-order valence-corrected chi connectivity index (χ2v) is 6.81. The summed E-state index contributed by atoms with van der Waals surface area (Å²) in [7, 11) is 0. The van der Waals surface area contributed by atoms with Crippen LogP contribution in [-0.4, -0.2) is 24.2 Å². The molecule has 0 unspecified atom stereocenters. The van der Waals surface area contributed by atoms with Gasteiger partial charge in [0.25, 0.3) is 0 Å². The lowest BCUT2D eigenvalue weighted by atomic mass is 9.74. The fourth-order valence-corrected chi connectivity index (χ4v) is 3.86. The van der Waals surface area contributed by atoms with Gasteiger partial charge in [0.2, 0.25) is 5.91 Å². The summed E-state index contributed by atoms with van der Waals surface area (Å²) in [5, 5.41) is 12.8. The molecule has 0 saturated heterocycles. The van der Waals surface area contributed by atoms with E-state index in [0.29, 0.717) is 6.54 Å². The molecule has 0 bridgehead atoms. The Labute approximate surface area is 126 Å². The molecular formula is C18H25NO2. The van der Waals surface area contributed by atoms with Crippen molar-refractivity contribution in [2.24, 2.45) is 11.3 Å². The van der Waals surface area contributed by atoms with E-state index in [1.165, 1.54) is 30.4 Å². The Balaban J connectivity index is 1.55. The smallest absolute Gasteiger partial charge is 0.223 e. The number of benzene rings is 1. The molecule has 0 spiro atoms. The predicted molar refractivity (Wildman–Crippen MR) is 83.0 cm³/mol. The van der Waals surface area contributed by atoms with Crippen LogP contribution in [0.25, 0.3) is 0 Å². The first-order chi connectivity index (χ1) is 10.2. The Morgan fingerprint density at radius 2 is 1.76 bits per heavy atom. The zero-order chi connectivity index (χ0) is 14.7. The summed E-state index contributed by atoms with van der Waals surface area (Å²) in [6, 6.07) is 8.34. The van der Waals surface area contributed by atoms with Crippen molar-refractivity contribution in [2.45, 2.75) is 44.9 Å². The van der Waals surface area contributed by atoms with Gasteiger partial charge in [0.1, 0.15) is 0 Å². The Morgan fingerprint density at radius 1 is 1.14 bits per heavy atom. The molecule has 0 radical (unpaired) electrons. The van der Waals surface area contributed by atoms with Gasteiger partial charge in [-0.1, -0.05) is 43.5 Å². The quantitative estimate of drug-likeness (QED) is 0.893. The van der Waals surface area contributed by atoms with Crippen LogP contribution in [0.1, 0.15) is 43.2 Å². The lowest BCUT2D eigenvalue weighted by Crippen LogP contribution is -2.43. The summed E-state index contributed by atoms with van der Waals surface area (Å²) >= 11 is 0. The second-order valence-electron chi connectivity index (χ2n) is 6.81. The lowest BCUT2D eigenvalue weighted by molar-refractivity contribution is -0.125. The van der Waals surface area contributed by atoms with Crippen molar-refractivity contribution in [1.29, 1.82) is 0 Å². The maximum absolute atomic E-state index is 12.4. The number of amides is 1. The zero-order valence-electron chi connectivity index (χ0n) is 12.6. The van der Waals surface area contributed by atoms with Gasteiger partial charge in [0.05, 0.1) is 6.61 Å². The Morgan fingerprint density at radius 3 is 2.33 bits per heavy atom. The van der Waals surface area contributed by atoms with Crippen molar-refractivity contribution in [3.63, 3.8) is 0 Å². The fourth-order valence-electron chi connectivity index (χ4n) is 3.86. The topological polar surface area (TPSA) is 49.3 Å². The lowest BCUT2D eigenvalue weighted by Gasteiger charge is -2.36. The Hall–Kier alpha value is -1.35. The molecule has 2 aliphatic carbocycles. The van der Waals surface area contributed by atoms with E-state index in [-0.39, 0.29) is 23.8 Å². The van der Waals surface area contributed by atoms with Gasteiger partial charge in [-0.05, 0) is 36.8 Å². The SMILES string of the molecule is O=C(NCC1(CO)CCCCC1)C1Cc2ccccc2C1. The number of rotatable bonds is 4. The van der Waals surface area contributed by atoms with Crippen LogP contribution in [0.5, 0.6) is 0 Å². The van der Waals surface area contributed by atoms with E-state index < -0.39 is 0 Å². The van der Waals surface area contributed by atoms with E-state index >= 15 is 0 Å². The number of fused-ring (bicyclic) bond motifs is 1. The molecule has 1 aromatic carbocycles. The second kappa shape index (κ2) is 6.18. The number of aliphatic hydroxyl groups excluding tert-OH is 1. The Bertz CT molecular complexity index is 481. The molecule has 0 aromatic heterocycles. The van der Waals surface area contributed by atoms with Crippen molar-refractivity contribution in [2.75, 3.05) is 13.2 Å². The first-order valence-electron chi connectivity index (χ1n) is 8.18. The summed E-state index contributed by atoms with van der Waals surface area (Å²) in [5.74, 6) is 0.228. The molecule has 21 heavy (non-hydrogen) atoms. The maximum atomic E-state index is 12.4. The highest BCUT2D eigenvalue weighted by molar-refractivity contribution is 5.80. The largest absolute Gasteiger partial charge is 0.396 e. The van der Waals surface area contributed by atoms with Gasteiger partial charge in [-0.2, -0.15) is 0 Å². The normalized spacial score (nSPS) is 21.0. The molecule has 1 fully saturated rings. The minimum atomic E-state index is -0.0701. The zero-order valence-corrected chi connectivity index (χ0v) is 12.6. The van der Waals surface area contributed by atoms with Gasteiger partial charge in [0, 0.05) is 17.9 Å². The first kappa shape index (κ1) is 14.6. The third kappa shape index (κ3) is 3.13. The van der Waals surface area contributed by atoms with Crippen LogP contribution in [0, 0.1) is 11.3 Å². The molecule has 0 aliphatic heterocycles. The first-order valence-corrected chi connectivity index (χ1v) is 8.18. The molecule has 3 heteroatoms. The molecule has 1 aromatic rings. The third-order valence-corrected chi connectivity index (χ3v) is 5.31. The monoisotopic (exact) mass is 287 g/mol. The minimum Gasteiger partial charge on any atom is -0.396 e. The molecule has 114 valence electrons. The van der Waals surface area contributed by atoms with Gasteiger partial charge in [0.15, 0.2) is 0 Å². The van der Waals surface area contributed by atoms with E-state index in [2.05, 4.69) is 17.4 Å². The average molecular weight is 287 g/mol. The average Bonchev–Trinajstić information content (AvgIpc) is 2.97. The Kier molecular flexibility index (Phi) is 4.29. The van der Waals surface area contributed by atoms with E-state index in [9.17, 15) is 9.90 Å². The van der Waals surface area contributed by atoms with Crippen molar-refractivity contribution in [1.82, 2.24) is 5.32 Å². The highest BCUT2D eigenvalue weighted by Crippen LogP contribution is 2.35. The minimum absolute atomic E-state index is 0.0701. The van der Waals surface area contributed by atoms with Crippen LogP contribution < -0.4 is 5.32 Å². The van der Waals surface area contributed by atoms with Crippen molar-refractivity contribution in [3.05, 3.63) is 35.4 Å². The summed E-state index contributed by atoms with van der Waals surface area (Å²) in [4.78, 5) is 12.4. The number of nitrogens with one attached hydrogen (secondary N) is 1. The van der Waals surface area contributed by atoms with E-state index in [1.54, 1.807) is 0 Å². The highest BCUT2D eigenvalue weighted by Gasteiger charge is 2.33. The van der Waals surface area contributed by atoms with Crippen LogP contribution in [0.3, 0.4) is 0 Å². The summed E-state index contributed by atoms with van der Waals surface area (Å²) < 4.78 is 0. The number of carbonyl (C=O) groups is 1. The van der Waals surface area contributed by atoms with Gasteiger partial charge >= 0.3 is 0 Å². The molecule has 3 nitrogen and oxygen atoms in total. The van der Waals surface area contributed by atoms with Crippen molar-refractivity contribution in [3.8, 4) is 0 Å². The van der Waals surface area contributed by atoms with Gasteiger partial charge < -0.3 is 10.4 Å². The van der Waals surface area contributed by atoms with Crippen LogP contribution in [0.4, 0.5) is 0 Å². The molecule has 1 saturated carbocycles. The van der Waals surface area contributed by atoms with E-state index in [1.807, 2.05) is 12.1 Å². The molecule has 0 atom stereocenters. The summed E-state index contributed by atoms with van der Waals surface area (Å²) in [6.45, 7) is 0.827. The molecule has 3 rings (SSSR count). The van der Waals surface area contributed by atoms with Gasteiger partial charge in [-0.15, -0.1) is 0 Å². The molecule has 1 amide bonds. The number of carbonyl (C=O) groups excluding carboxylic acids is 1. The third-order valence-electron chi connectivity index (χ3n) is 5.31. The highest BCUT2D eigenvalue weighted by atomic mass is 16.3. The summed E-state index contributed by atoms with van der Waals surface area (Å²) in [5.41, 5.74) is 2.55. The van der Waals surface area contributed by atoms with Crippen LogP contribution in [0.2, 0.25) is 0 Å².